The van der Waals surface area contributed by atoms with E-state index in [1.807, 2.05) is 20.8 Å². The molecule has 0 radical (unpaired) electrons. The minimum atomic E-state index is -0.817. The molecule has 0 aromatic heterocycles. The highest BCUT2D eigenvalue weighted by atomic mass is 16.6. The molecular weight excluding hydrogens is 262 g/mol. The molecule has 0 heterocycles. The SMILES string of the molecule is CCc1ccc(OCC(O)COC(C)C)c([N+](=O)[O-])c1. The van der Waals surface area contributed by atoms with Crippen molar-refractivity contribution in [1.82, 2.24) is 0 Å². The van der Waals surface area contributed by atoms with Gasteiger partial charge >= 0.3 is 5.69 Å². The zero-order chi connectivity index (χ0) is 15.1. The molecule has 1 aromatic carbocycles. The summed E-state index contributed by atoms with van der Waals surface area (Å²) in [6.45, 7) is 5.74. The number of nitrogens with zero attached hydrogens (tertiary/aromatic N) is 1. The van der Waals surface area contributed by atoms with Crippen molar-refractivity contribution in [2.24, 2.45) is 0 Å². The molecule has 0 aliphatic carbocycles. The van der Waals surface area contributed by atoms with Crippen LogP contribution in [-0.4, -0.2) is 35.5 Å². The fourth-order valence-corrected chi connectivity index (χ4v) is 1.59. The van der Waals surface area contributed by atoms with Crippen LogP contribution in [-0.2, 0) is 11.2 Å². The molecular formula is C14H21NO5. The normalized spacial score (nSPS) is 12.4. The van der Waals surface area contributed by atoms with Crippen molar-refractivity contribution < 1.29 is 19.5 Å². The second kappa shape index (κ2) is 7.81. The van der Waals surface area contributed by atoms with E-state index in [0.29, 0.717) is 6.42 Å². The highest BCUT2D eigenvalue weighted by Crippen LogP contribution is 2.28. The first-order valence-electron chi connectivity index (χ1n) is 6.63. The molecule has 20 heavy (non-hydrogen) atoms. The maximum Gasteiger partial charge on any atom is 0.311 e. The van der Waals surface area contributed by atoms with Gasteiger partial charge in [0.15, 0.2) is 5.75 Å². The molecule has 0 saturated carbocycles. The fraction of sp³-hybridized carbons (Fsp3) is 0.571. The Balaban J connectivity index is 2.65. The Morgan fingerprint density at radius 2 is 2.05 bits per heavy atom. The van der Waals surface area contributed by atoms with E-state index >= 15 is 0 Å². The van der Waals surface area contributed by atoms with E-state index in [2.05, 4.69) is 0 Å². The Hall–Kier alpha value is -1.66. The Morgan fingerprint density at radius 1 is 1.35 bits per heavy atom. The van der Waals surface area contributed by atoms with E-state index in [0.717, 1.165) is 5.56 Å². The third-order valence-corrected chi connectivity index (χ3v) is 2.68. The number of nitro benzene ring substituents is 1. The number of benzene rings is 1. The summed E-state index contributed by atoms with van der Waals surface area (Å²) in [7, 11) is 0. The van der Waals surface area contributed by atoms with Crippen molar-refractivity contribution in [2.75, 3.05) is 13.2 Å². The number of nitro groups is 1. The number of hydrogen-bond acceptors (Lipinski definition) is 5. The zero-order valence-electron chi connectivity index (χ0n) is 12.0. The molecule has 1 rings (SSSR count). The van der Waals surface area contributed by atoms with Gasteiger partial charge in [-0.3, -0.25) is 10.1 Å². The first kappa shape index (κ1) is 16.4. The lowest BCUT2D eigenvalue weighted by atomic mass is 10.1. The first-order chi connectivity index (χ1) is 9.43. The monoisotopic (exact) mass is 283 g/mol. The highest BCUT2D eigenvalue weighted by molar-refractivity contribution is 5.48. The second-order valence-corrected chi connectivity index (χ2v) is 4.76. The van der Waals surface area contributed by atoms with E-state index in [4.69, 9.17) is 9.47 Å². The number of rotatable bonds is 8. The maximum absolute atomic E-state index is 11.0. The van der Waals surface area contributed by atoms with Gasteiger partial charge in [-0.25, -0.2) is 0 Å². The smallest absolute Gasteiger partial charge is 0.311 e. The van der Waals surface area contributed by atoms with E-state index in [9.17, 15) is 15.2 Å². The Labute approximate surface area is 118 Å². The summed E-state index contributed by atoms with van der Waals surface area (Å²) >= 11 is 0. The molecule has 112 valence electrons. The Bertz CT molecular complexity index is 447. The van der Waals surface area contributed by atoms with E-state index in [1.165, 1.54) is 6.07 Å². The second-order valence-electron chi connectivity index (χ2n) is 4.76. The summed E-state index contributed by atoms with van der Waals surface area (Å²) < 4.78 is 10.6. The largest absolute Gasteiger partial charge is 0.484 e. The van der Waals surface area contributed by atoms with Crippen molar-refractivity contribution in [1.29, 1.82) is 0 Å². The minimum absolute atomic E-state index is 0.0165. The van der Waals surface area contributed by atoms with Crippen LogP contribution in [0.1, 0.15) is 26.3 Å². The molecule has 0 aliphatic heterocycles. The van der Waals surface area contributed by atoms with Crippen LogP contribution in [0.25, 0.3) is 0 Å². The van der Waals surface area contributed by atoms with E-state index in [-0.39, 0.29) is 30.8 Å². The average Bonchev–Trinajstić information content (AvgIpc) is 2.42. The van der Waals surface area contributed by atoms with Gasteiger partial charge in [-0.05, 0) is 31.9 Å². The molecule has 0 saturated heterocycles. The fourth-order valence-electron chi connectivity index (χ4n) is 1.59. The molecule has 0 amide bonds. The average molecular weight is 283 g/mol. The third kappa shape index (κ3) is 5.14. The predicted molar refractivity (Wildman–Crippen MR) is 75.1 cm³/mol. The van der Waals surface area contributed by atoms with Gasteiger partial charge in [0, 0.05) is 6.07 Å². The summed E-state index contributed by atoms with van der Waals surface area (Å²) in [4.78, 5) is 10.5. The van der Waals surface area contributed by atoms with Crippen LogP contribution >= 0.6 is 0 Å². The van der Waals surface area contributed by atoms with Gasteiger partial charge < -0.3 is 14.6 Å². The molecule has 1 unspecified atom stereocenters. The number of ether oxygens (including phenoxy) is 2. The summed E-state index contributed by atoms with van der Waals surface area (Å²) in [6, 6.07) is 4.83. The van der Waals surface area contributed by atoms with Gasteiger partial charge in [-0.1, -0.05) is 13.0 Å². The van der Waals surface area contributed by atoms with Gasteiger partial charge in [-0.15, -0.1) is 0 Å². The molecule has 1 N–H and O–H groups in total. The standard InChI is InChI=1S/C14H21NO5/c1-4-11-5-6-14(13(7-11)15(17)18)20-9-12(16)8-19-10(2)3/h5-7,10,12,16H,4,8-9H2,1-3H3. The molecule has 1 aromatic rings. The Kier molecular flexibility index (Phi) is 6.41. The summed E-state index contributed by atoms with van der Waals surface area (Å²) in [5.74, 6) is 0.163. The lowest BCUT2D eigenvalue weighted by Gasteiger charge is -2.14. The van der Waals surface area contributed by atoms with Crippen LogP contribution in [0.3, 0.4) is 0 Å². The van der Waals surface area contributed by atoms with E-state index < -0.39 is 11.0 Å². The molecule has 6 heteroatoms. The van der Waals surface area contributed by atoms with Crippen LogP contribution in [0.5, 0.6) is 5.75 Å². The molecule has 0 aliphatic rings. The van der Waals surface area contributed by atoms with Crippen molar-refractivity contribution in [2.45, 2.75) is 39.4 Å². The molecule has 0 fully saturated rings. The topological polar surface area (TPSA) is 81.8 Å². The van der Waals surface area contributed by atoms with Gasteiger partial charge in [0.1, 0.15) is 12.7 Å². The van der Waals surface area contributed by atoms with Gasteiger partial charge in [0.05, 0.1) is 17.6 Å². The molecule has 1 atom stereocenters. The van der Waals surface area contributed by atoms with Gasteiger partial charge in [0.2, 0.25) is 0 Å². The number of hydrogen-bond donors (Lipinski definition) is 1. The van der Waals surface area contributed by atoms with Crippen molar-refractivity contribution in [3.63, 3.8) is 0 Å². The summed E-state index contributed by atoms with van der Waals surface area (Å²) in [6.07, 6.45) is -0.0860. The van der Waals surface area contributed by atoms with Gasteiger partial charge in [-0.2, -0.15) is 0 Å². The summed E-state index contributed by atoms with van der Waals surface area (Å²) in [5, 5.41) is 20.7. The molecule has 0 spiro atoms. The predicted octanol–water partition coefficient (Wildman–Crippen LogP) is 2.32. The van der Waals surface area contributed by atoms with Crippen LogP contribution in [0.15, 0.2) is 18.2 Å². The highest BCUT2D eigenvalue weighted by Gasteiger charge is 2.17. The number of aliphatic hydroxyl groups excluding tert-OH is 1. The van der Waals surface area contributed by atoms with Crippen LogP contribution < -0.4 is 4.74 Å². The van der Waals surface area contributed by atoms with Crippen molar-refractivity contribution in [3.05, 3.63) is 33.9 Å². The first-order valence-corrected chi connectivity index (χ1v) is 6.63. The lowest BCUT2D eigenvalue weighted by molar-refractivity contribution is -0.386. The van der Waals surface area contributed by atoms with Crippen LogP contribution in [0.4, 0.5) is 5.69 Å². The summed E-state index contributed by atoms with van der Waals surface area (Å²) in [5.41, 5.74) is 0.786. The number of aryl methyl sites for hydroxylation is 1. The van der Waals surface area contributed by atoms with Crippen LogP contribution in [0.2, 0.25) is 0 Å². The van der Waals surface area contributed by atoms with Gasteiger partial charge in [0.25, 0.3) is 0 Å². The Morgan fingerprint density at radius 3 is 2.60 bits per heavy atom. The van der Waals surface area contributed by atoms with Crippen LogP contribution in [0, 0.1) is 10.1 Å². The lowest BCUT2D eigenvalue weighted by Crippen LogP contribution is -2.25. The third-order valence-electron chi connectivity index (χ3n) is 2.68. The molecule has 0 bridgehead atoms. The quantitative estimate of drug-likeness (QED) is 0.585. The molecule has 6 nitrogen and oxygen atoms in total. The van der Waals surface area contributed by atoms with E-state index in [1.54, 1.807) is 12.1 Å². The van der Waals surface area contributed by atoms with Crippen molar-refractivity contribution >= 4 is 5.69 Å². The zero-order valence-corrected chi connectivity index (χ0v) is 12.0. The van der Waals surface area contributed by atoms with Crippen molar-refractivity contribution in [3.8, 4) is 5.75 Å². The maximum atomic E-state index is 11.0. The minimum Gasteiger partial charge on any atom is -0.484 e. The number of aliphatic hydroxyl groups is 1.